The number of pyridine rings is 1. The molecular formula is C22H17ClF4N2O3. The Hall–Kier alpha value is -3.12. The Labute approximate surface area is 186 Å². The number of rotatable bonds is 6. The summed E-state index contributed by atoms with van der Waals surface area (Å²) in [5.41, 5.74) is -0.806. The van der Waals surface area contributed by atoms with E-state index >= 15 is 0 Å². The minimum Gasteiger partial charge on any atom is -0.440 e. The highest BCUT2D eigenvalue weighted by Gasteiger charge is 2.62. The highest BCUT2D eigenvalue weighted by molar-refractivity contribution is 6.30. The topological polar surface area (TPSA) is 72.2 Å². The number of halogens is 5. The first-order valence-electron chi connectivity index (χ1n) is 9.39. The first kappa shape index (κ1) is 23.5. The predicted octanol–water partition coefficient (Wildman–Crippen LogP) is 6.08. The fourth-order valence-electron chi connectivity index (χ4n) is 3.31. The molecule has 0 saturated heterocycles. The Bertz CT molecular complexity index is 1100. The smallest absolute Gasteiger partial charge is 0.426 e. The Morgan fingerprint density at radius 3 is 2.56 bits per heavy atom. The molecule has 168 valence electrons. The van der Waals surface area contributed by atoms with Crippen molar-refractivity contribution in [3.05, 3.63) is 65.1 Å². The second-order valence-corrected chi connectivity index (χ2v) is 8.12. The average Bonchev–Trinajstić information content (AvgIpc) is 3.27. The monoisotopic (exact) mass is 468 g/mol. The molecule has 0 radical (unpaired) electrons. The standard InChI is InChI=1S/C22H17ClF4N2O3/c1-21(2)12(10-17(23)22(25,26)27)19(21)20(30)32-16(11-28)14-7-5-9-18(29-14)31-15-8-4-3-6-13(15)24/h3-10,12,16,19H,1-2H3/b17-10-/t12-,16?,19-/m0/s1. The summed E-state index contributed by atoms with van der Waals surface area (Å²) in [6.45, 7) is 3.20. The lowest BCUT2D eigenvalue weighted by atomic mass is 10.1. The maximum atomic E-state index is 13.8. The molecule has 3 rings (SSSR count). The van der Waals surface area contributed by atoms with Gasteiger partial charge in [-0.05, 0) is 29.5 Å². The number of hydrogen-bond acceptors (Lipinski definition) is 5. The summed E-state index contributed by atoms with van der Waals surface area (Å²) in [5.74, 6) is -3.29. The number of carbonyl (C=O) groups is 1. The van der Waals surface area contributed by atoms with Crippen molar-refractivity contribution >= 4 is 17.6 Å². The van der Waals surface area contributed by atoms with E-state index < -0.39 is 46.3 Å². The highest BCUT2D eigenvalue weighted by Crippen LogP contribution is 2.60. The quantitative estimate of drug-likeness (QED) is 0.379. The van der Waals surface area contributed by atoms with Gasteiger partial charge < -0.3 is 9.47 Å². The lowest BCUT2D eigenvalue weighted by Gasteiger charge is -2.13. The number of allylic oxidation sites excluding steroid dienone is 2. The molecule has 1 aromatic carbocycles. The summed E-state index contributed by atoms with van der Waals surface area (Å²) in [6.07, 6.45) is -5.37. The molecule has 1 aliphatic rings. The largest absolute Gasteiger partial charge is 0.440 e. The summed E-state index contributed by atoms with van der Waals surface area (Å²) >= 11 is 5.29. The van der Waals surface area contributed by atoms with Gasteiger partial charge in [0, 0.05) is 6.07 Å². The second kappa shape index (κ2) is 8.79. The van der Waals surface area contributed by atoms with Gasteiger partial charge in [0.05, 0.1) is 11.6 Å². The Balaban J connectivity index is 1.74. The van der Waals surface area contributed by atoms with Crippen LogP contribution in [0.25, 0.3) is 0 Å². The van der Waals surface area contributed by atoms with E-state index in [1.54, 1.807) is 26.0 Å². The summed E-state index contributed by atoms with van der Waals surface area (Å²) in [5, 5.41) is 8.14. The van der Waals surface area contributed by atoms with E-state index in [1.807, 2.05) is 0 Å². The lowest BCUT2D eigenvalue weighted by Crippen LogP contribution is -2.15. The first-order chi connectivity index (χ1) is 14.9. The summed E-state index contributed by atoms with van der Waals surface area (Å²) in [4.78, 5) is 16.7. The van der Waals surface area contributed by atoms with Crippen molar-refractivity contribution in [2.45, 2.75) is 26.1 Å². The van der Waals surface area contributed by atoms with Crippen LogP contribution < -0.4 is 4.74 Å². The number of nitriles is 1. The SMILES string of the molecule is CC1(C)[C@H](C(=O)OC(C#N)c2cccc(Oc3ccccc3F)n2)[C@@H]1/C=C(\Cl)C(F)(F)F. The second-order valence-electron chi connectivity index (χ2n) is 7.72. The fourth-order valence-corrected chi connectivity index (χ4v) is 3.44. The number of carbonyl (C=O) groups excluding carboxylic acids is 1. The minimum absolute atomic E-state index is 0.0218. The zero-order valence-corrected chi connectivity index (χ0v) is 17.6. The molecule has 0 aliphatic heterocycles. The molecule has 1 aliphatic carbocycles. The van der Waals surface area contributed by atoms with Crippen LogP contribution in [0.4, 0.5) is 17.6 Å². The third kappa shape index (κ3) is 5.02. The minimum atomic E-state index is -4.72. The highest BCUT2D eigenvalue weighted by atomic mass is 35.5. The van der Waals surface area contributed by atoms with Crippen molar-refractivity contribution in [3.8, 4) is 17.7 Å². The van der Waals surface area contributed by atoms with E-state index in [9.17, 15) is 27.6 Å². The van der Waals surface area contributed by atoms with Crippen molar-refractivity contribution in [2.75, 3.05) is 0 Å². The summed E-state index contributed by atoms with van der Waals surface area (Å²) < 4.78 is 62.5. The van der Waals surface area contributed by atoms with E-state index in [-0.39, 0.29) is 17.3 Å². The van der Waals surface area contributed by atoms with Gasteiger partial charge in [-0.1, -0.05) is 49.7 Å². The number of nitrogens with zero attached hydrogens (tertiary/aromatic N) is 2. The van der Waals surface area contributed by atoms with E-state index in [2.05, 4.69) is 4.98 Å². The molecule has 1 unspecified atom stereocenters. The van der Waals surface area contributed by atoms with Crippen molar-refractivity contribution in [1.82, 2.24) is 4.98 Å². The summed E-state index contributed by atoms with van der Waals surface area (Å²) in [6, 6.07) is 11.7. The number of alkyl halides is 3. The van der Waals surface area contributed by atoms with Gasteiger partial charge in [-0.15, -0.1) is 0 Å². The van der Waals surface area contributed by atoms with Gasteiger partial charge in [-0.2, -0.15) is 18.4 Å². The van der Waals surface area contributed by atoms with Crippen molar-refractivity contribution in [1.29, 1.82) is 5.26 Å². The van der Waals surface area contributed by atoms with E-state index in [0.29, 0.717) is 0 Å². The molecule has 0 amide bonds. The van der Waals surface area contributed by atoms with Crippen LogP contribution in [0, 0.1) is 34.4 Å². The zero-order valence-electron chi connectivity index (χ0n) is 16.9. The molecule has 1 heterocycles. The van der Waals surface area contributed by atoms with E-state index in [4.69, 9.17) is 21.1 Å². The van der Waals surface area contributed by atoms with E-state index in [1.165, 1.54) is 36.4 Å². The zero-order chi connectivity index (χ0) is 23.7. The van der Waals surface area contributed by atoms with Crippen LogP contribution >= 0.6 is 11.6 Å². The molecule has 3 atom stereocenters. The maximum Gasteiger partial charge on any atom is 0.426 e. The Morgan fingerprint density at radius 1 is 1.25 bits per heavy atom. The van der Waals surface area contributed by atoms with Gasteiger partial charge in [-0.25, -0.2) is 9.37 Å². The Kier molecular flexibility index (Phi) is 6.46. The van der Waals surface area contributed by atoms with Crippen molar-refractivity contribution in [3.63, 3.8) is 0 Å². The molecule has 0 N–H and O–H groups in total. The molecule has 2 aromatic rings. The molecular weight excluding hydrogens is 452 g/mol. The van der Waals surface area contributed by atoms with E-state index in [0.717, 1.165) is 6.08 Å². The predicted molar refractivity (Wildman–Crippen MR) is 106 cm³/mol. The lowest BCUT2D eigenvalue weighted by molar-refractivity contribution is -0.149. The molecule has 5 nitrogen and oxygen atoms in total. The van der Waals surface area contributed by atoms with Crippen LogP contribution in [-0.2, 0) is 9.53 Å². The third-order valence-corrected chi connectivity index (χ3v) is 5.52. The van der Waals surface area contributed by atoms with Gasteiger partial charge in [0.15, 0.2) is 11.6 Å². The summed E-state index contributed by atoms with van der Waals surface area (Å²) in [7, 11) is 0. The van der Waals surface area contributed by atoms with Crippen LogP contribution in [0.1, 0.15) is 25.6 Å². The Morgan fingerprint density at radius 2 is 1.94 bits per heavy atom. The maximum absolute atomic E-state index is 13.8. The third-order valence-electron chi connectivity index (χ3n) is 5.18. The van der Waals surface area contributed by atoms with Gasteiger partial charge in [-0.3, -0.25) is 4.79 Å². The van der Waals surface area contributed by atoms with Crippen molar-refractivity contribution in [2.24, 2.45) is 17.3 Å². The first-order valence-corrected chi connectivity index (χ1v) is 9.77. The molecule has 1 aromatic heterocycles. The van der Waals surface area contributed by atoms with Gasteiger partial charge in [0.2, 0.25) is 12.0 Å². The number of hydrogen-bond donors (Lipinski definition) is 0. The molecule has 0 bridgehead atoms. The van der Waals surface area contributed by atoms with Gasteiger partial charge in [0.1, 0.15) is 11.1 Å². The fraction of sp³-hybridized carbons (Fsp3) is 0.318. The number of ether oxygens (including phenoxy) is 2. The molecule has 32 heavy (non-hydrogen) atoms. The van der Waals surface area contributed by atoms with Crippen LogP contribution in [-0.4, -0.2) is 17.1 Å². The molecule has 1 saturated carbocycles. The van der Waals surface area contributed by atoms with Gasteiger partial charge >= 0.3 is 12.1 Å². The number of esters is 1. The number of benzene rings is 1. The van der Waals surface area contributed by atoms with Crippen LogP contribution in [0.5, 0.6) is 11.6 Å². The number of para-hydroxylation sites is 1. The number of aromatic nitrogens is 1. The molecule has 0 spiro atoms. The van der Waals surface area contributed by atoms with Gasteiger partial charge in [0.25, 0.3) is 0 Å². The van der Waals surface area contributed by atoms with Crippen LogP contribution in [0.3, 0.4) is 0 Å². The van der Waals surface area contributed by atoms with Crippen molar-refractivity contribution < 1.29 is 31.8 Å². The average molecular weight is 469 g/mol. The normalized spacial score (nSPS) is 20.8. The molecule has 1 fully saturated rings. The van der Waals surface area contributed by atoms with Crippen LogP contribution in [0.2, 0.25) is 0 Å². The van der Waals surface area contributed by atoms with Crippen LogP contribution in [0.15, 0.2) is 53.6 Å². The molecule has 10 heteroatoms.